The quantitative estimate of drug-likeness (QED) is 0.601. The van der Waals surface area contributed by atoms with Gasteiger partial charge in [-0.15, -0.1) is 5.10 Å². The fourth-order valence-electron chi connectivity index (χ4n) is 5.44. The molecule has 0 radical (unpaired) electrons. The van der Waals surface area contributed by atoms with E-state index in [9.17, 15) is 0 Å². The number of nitrogens with zero attached hydrogens (tertiary/aromatic N) is 3. The lowest BCUT2D eigenvalue weighted by molar-refractivity contribution is 0.0242. The third kappa shape index (κ3) is 4.17. The van der Waals surface area contributed by atoms with Crippen LogP contribution in [0.2, 0.25) is 0 Å². The molecule has 3 nitrogen and oxygen atoms in total. The van der Waals surface area contributed by atoms with Crippen LogP contribution in [0.25, 0.3) is 0 Å². The monoisotopic (exact) mass is 359 g/mol. The molecule has 148 valence electrons. The minimum absolute atomic E-state index is 0.198. The van der Waals surface area contributed by atoms with E-state index >= 15 is 0 Å². The Bertz CT molecular complexity index is 590. The van der Waals surface area contributed by atoms with Crippen molar-refractivity contribution in [1.82, 2.24) is 15.0 Å². The molecule has 1 aromatic heterocycles. The highest BCUT2D eigenvalue weighted by atomic mass is 15.5. The van der Waals surface area contributed by atoms with Gasteiger partial charge < -0.3 is 0 Å². The average molecular weight is 360 g/mol. The van der Waals surface area contributed by atoms with Gasteiger partial charge in [0.25, 0.3) is 0 Å². The molecule has 0 aromatic carbocycles. The van der Waals surface area contributed by atoms with Gasteiger partial charge >= 0.3 is 0 Å². The van der Waals surface area contributed by atoms with E-state index in [0.29, 0.717) is 16.7 Å². The Morgan fingerprint density at radius 1 is 0.923 bits per heavy atom. The van der Waals surface area contributed by atoms with Gasteiger partial charge in [-0.1, -0.05) is 66.0 Å². The Morgan fingerprint density at radius 2 is 1.58 bits per heavy atom. The predicted molar refractivity (Wildman–Crippen MR) is 109 cm³/mol. The minimum Gasteiger partial charge on any atom is -0.246 e. The largest absolute Gasteiger partial charge is 0.246 e. The van der Waals surface area contributed by atoms with Crippen LogP contribution in [0.1, 0.15) is 117 Å². The molecule has 3 rings (SSSR count). The molecule has 0 bridgehead atoms. The van der Waals surface area contributed by atoms with E-state index in [1.54, 1.807) is 0 Å². The van der Waals surface area contributed by atoms with Crippen LogP contribution in [-0.4, -0.2) is 15.0 Å². The number of hydrogen-bond donors (Lipinski definition) is 0. The van der Waals surface area contributed by atoms with Gasteiger partial charge in [0.05, 0.1) is 11.2 Å². The van der Waals surface area contributed by atoms with Crippen molar-refractivity contribution in [2.75, 3.05) is 0 Å². The molecule has 2 saturated carbocycles. The molecule has 0 saturated heterocycles. The van der Waals surface area contributed by atoms with Crippen molar-refractivity contribution < 1.29 is 0 Å². The summed E-state index contributed by atoms with van der Waals surface area (Å²) in [6.07, 6.45) is 15.7. The highest BCUT2D eigenvalue weighted by molar-refractivity contribution is 5.04. The summed E-state index contributed by atoms with van der Waals surface area (Å²) < 4.78 is 2.33. The van der Waals surface area contributed by atoms with Crippen molar-refractivity contribution in [2.24, 2.45) is 16.7 Å². The van der Waals surface area contributed by atoms with Crippen molar-refractivity contribution in [1.29, 1.82) is 0 Å². The Balaban J connectivity index is 1.97. The van der Waals surface area contributed by atoms with Gasteiger partial charge in [0.15, 0.2) is 0 Å². The van der Waals surface area contributed by atoms with Crippen LogP contribution in [0.15, 0.2) is 6.20 Å². The second kappa shape index (κ2) is 7.28. The Morgan fingerprint density at radius 3 is 2.19 bits per heavy atom. The number of aromatic nitrogens is 3. The lowest BCUT2D eigenvalue weighted by atomic mass is 9.61. The molecule has 1 heterocycles. The van der Waals surface area contributed by atoms with Crippen molar-refractivity contribution in [3.8, 4) is 0 Å². The van der Waals surface area contributed by atoms with E-state index in [-0.39, 0.29) is 5.54 Å². The summed E-state index contributed by atoms with van der Waals surface area (Å²) in [5, 5.41) is 9.26. The first kappa shape index (κ1) is 19.9. The molecular formula is C23H41N3. The van der Waals surface area contributed by atoms with Gasteiger partial charge in [0, 0.05) is 6.20 Å². The van der Waals surface area contributed by atoms with E-state index in [2.05, 4.69) is 57.5 Å². The van der Waals surface area contributed by atoms with Crippen LogP contribution in [0.5, 0.6) is 0 Å². The highest BCUT2D eigenvalue weighted by Crippen LogP contribution is 2.51. The van der Waals surface area contributed by atoms with Crippen LogP contribution < -0.4 is 0 Å². The second-order valence-corrected chi connectivity index (χ2v) is 11.2. The lowest BCUT2D eigenvalue weighted by Crippen LogP contribution is -2.46. The first-order chi connectivity index (χ1) is 12.1. The molecule has 26 heavy (non-hydrogen) atoms. The van der Waals surface area contributed by atoms with Crippen LogP contribution in [0, 0.1) is 16.7 Å². The number of hydrogen-bond acceptors (Lipinski definition) is 2. The predicted octanol–water partition coefficient (Wildman–Crippen LogP) is 6.69. The van der Waals surface area contributed by atoms with Gasteiger partial charge in [0.1, 0.15) is 0 Å². The van der Waals surface area contributed by atoms with Crippen LogP contribution in [0.4, 0.5) is 0 Å². The Kier molecular flexibility index (Phi) is 5.57. The fourth-order valence-corrected chi connectivity index (χ4v) is 5.44. The molecule has 0 spiro atoms. The summed E-state index contributed by atoms with van der Waals surface area (Å²) in [5.74, 6) is 1.18. The fraction of sp³-hybridized carbons (Fsp3) is 0.913. The van der Waals surface area contributed by atoms with Crippen molar-refractivity contribution >= 4 is 0 Å². The molecule has 0 aliphatic heterocycles. The van der Waals surface area contributed by atoms with Gasteiger partial charge in [0.2, 0.25) is 0 Å². The zero-order valence-electron chi connectivity index (χ0n) is 18.1. The molecule has 0 N–H and O–H groups in total. The third-order valence-electron chi connectivity index (χ3n) is 7.49. The summed E-state index contributed by atoms with van der Waals surface area (Å²) in [4.78, 5) is 0. The molecule has 2 aliphatic carbocycles. The maximum atomic E-state index is 4.71. The summed E-state index contributed by atoms with van der Waals surface area (Å²) in [6.45, 7) is 14.4. The lowest BCUT2D eigenvalue weighted by Gasteiger charge is -2.48. The van der Waals surface area contributed by atoms with E-state index in [0.717, 1.165) is 11.6 Å². The maximum absolute atomic E-state index is 4.71. The van der Waals surface area contributed by atoms with Crippen molar-refractivity contribution in [3.05, 3.63) is 11.9 Å². The molecule has 3 heteroatoms. The molecule has 2 aliphatic rings. The maximum Gasteiger partial charge on any atom is 0.0852 e. The smallest absolute Gasteiger partial charge is 0.0852 e. The molecule has 1 atom stereocenters. The zero-order chi connectivity index (χ0) is 19.0. The van der Waals surface area contributed by atoms with Crippen LogP contribution in [-0.2, 0) is 5.54 Å². The van der Waals surface area contributed by atoms with E-state index in [4.69, 9.17) is 5.21 Å². The minimum atomic E-state index is 0.198. The SMILES string of the molecule is CC(C)c1cn(C2(C3CCC(C)(C)CCC(C)(C)C3)CCCCC2)nn1. The molecule has 0 amide bonds. The Hall–Kier alpha value is -0.860. The van der Waals surface area contributed by atoms with Gasteiger partial charge in [-0.25, -0.2) is 4.68 Å². The van der Waals surface area contributed by atoms with Gasteiger partial charge in [-0.2, -0.15) is 0 Å². The molecule has 1 aromatic rings. The van der Waals surface area contributed by atoms with Gasteiger partial charge in [-0.05, 0) is 67.6 Å². The molecule has 2 fully saturated rings. The number of rotatable bonds is 3. The Labute approximate surface area is 161 Å². The van der Waals surface area contributed by atoms with Crippen LogP contribution in [0.3, 0.4) is 0 Å². The normalized spacial score (nSPS) is 28.5. The van der Waals surface area contributed by atoms with E-state index < -0.39 is 0 Å². The standard InChI is InChI=1S/C23H41N3/c1-18(2)20-17-26(25-24-20)23(11-8-7-9-12-23)19-10-13-21(3,4)14-15-22(5,6)16-19/h17-19H,7-16H2,1-6H3. The third-order valence-corrected chi connectivity index (χ3v) is 7.49. The van der Waals surface area contributed by atoms with Gasteiger partial charge in [-0.3, -0.25) is 0 Å². The summed E-state index contributed by atoms with van der Waals surface area (Å²) >= 11 is 0. The average Bonchev–Trinajstić information content (AvgIpc) is 3.08. The molecule has 1 unspecified atom stereocenters. The first-order valence-corrected chi connectivity index (χ1v) is 11.1. The summed E-state index contributed by atoms with van der Waals surface area (Å²) in [5.41, 5.74) is 2.24. The zero-order valence-corrected chi connectivity index (χ0v) is 18.1. The first-order valence-electron chi connectivity index (χ1n) is 11.1. The second-order valence-electron chi connectivity index (χ2n) is 11.2. The van der Waals surface area contributed by atoms with Crippen LogP contribution >= 0.6 is 0 Å². The summed E-state index contributed by atoms with van der Waals surface area (Å²) in [7, 11) is 0. The molecular weight excluding hydrogens is 318 g/mol. The highest BCUT2D eigenvalue weighted by Gasteiger charge is 2.45. The van der Waals surface area contributed by atoms with E-state index in [1.165, 1.54) is 64.2 Å². The van der Waals surface area contributed by atoms with E-state index in [1.807, 2.05) is 0 Å². The van der Waals surface area contributed by atoms with Crippen molar-refractivity contribution in [3.63, 3.8) is 0 Å². The topological polar surface area (TPSA) is 30.7 Å². The summed E-state index contributed by atoms with van der Waals surface area (Å²) in [6, 6.07) is 0. The van der Waals surface area contributed by atoms with Crippen molar-refractivity contribution in [2.45, 2.75) is 117 Å².